The Hall–Kier alpha value is -1.49. The predicted octanol–water partition coefficient (Wildman–Crippen LogP) is 1.87. The molecule has 1 unspecified atom stereocenters. The second kappa shape index (κ2) is 6.52. The zero-order valence-corrected chi connectivity index (χ0v) is 13.6. The first kappa shape index (κ1) is 15.9. The summed E-state index contributed by atoms with van der Waals surface area (Å²) in [5, 5.41) is 0. The molecule has 2 rings (SSSR count). The van der Waals surface area contributed by atoms with Gasteiger partial charge in [-0.3, -0.25) is 9.69 Å². The molecule has 0 radical (unpaired) electrons. The Morgan fingerprint density at radius 1 is 1.38 bits per heavy atom. The second-order valence-electron chi connectivity index (χ2n) is 6.26. The van der Waals surface area contributed by atoms with Gasteiger partial charge in [-0.25, -0.2) is 9.97 Å². The molecule has 0 aliphatic carbocycles. The van der Waals surface area contributed by atoms with Crippen molar-refractivity contribution in [2.24, 2.45) is 0 Å². The summed E-state index contributed by atoms with van der Waals surface area (Å²) in [5.74, 6) is 1.08. The van der Waals surface area contributed by atoms with Crippen molar-refractivity contribution in [3.63, 3.8) is 0 Å². The van der Waals surface area contributed by atoms with Gasteiger partial charge in [0.2, 0.25) is 5.91 Å². The quantitative estimate of drug-likeness (QED) is 0.830. The van der Waals surface area contributed by atoms with Gasteiger partial charge in [0.15, 0.2) is 0 Å². The molecule has 5 heteroatoms. The van der Waals surface area contributed by atoms with Crippen LogP contribution in [0.25, 0.3) is 0 Å². The summed E-state index contributed by atoms with van der Waals surface area (Å²) in [6.45, 7) is 5.86. The Bertz CT molecular complexity index is 486. The Morgan fingerprint density at radius 2 is 2.05 bits per heavy atom. The number of aromatic nitrogens is 2. The van der Waals surface area contributed by atoms with Gasteiger partial charge in [0.1, 0.15) is 5.82 Å². The van der Waals surface area contributed by atoms with E-state index in [1.54, 1.807) is 4.90 Å². The number of hydrogen-bond donors (Lipinski definition) is 0. The maximum absolute atomic E-state index is 12.5. The minimum absolute atomic E-state index is 0.184. The van der Waals surface area contributed by atoms with E-state index in [4.69, 9.17) is 0 Å². The van der Waals surface area contributed by atoms with E-state index in [-0.39, 0.29) is 5.91 Å². The van der Waals surface area contributed by atoms with Crippen molar-refractivity contribution < 1.29 is 4.79 Å². The number of likely N-dealkylation sites (N-methyl/N-ethyl adjacent to an activating group) is 1. The van der Waals surface area contributed by atoms with E-state index >= 15 is 0 Å². The van der Waals surface area contributed by atoms with Gasteiger partial charge in [-0.15, -0.1) is 0 Å². The number of carbonyl (C=O) groups excluding carboxylic acids is 1. The molecule has 1 aliphatic heterocycles. The third-order valence-electron chi connectivity index (χ3n) is 4.26. The van der Waals surface area contributed by atoms with Crippen LogP contribution in [0, 0.1) is 0 Å². The normalized spacial score (nSPS) is 22.5. The lowest BCUT2D eigenvalue weighted by atomic mass is 9.97. The molecule has 5 nitrogen and oxygen atoms in total. The van der Waals surface area contributed by atoms with Gasteiger partial charge in [0, 0.05) is 45.0 Å². The Labute approximate surface area is 127 Å². The lowest BCUT2D eigenvalue weighted by Gasteiger charge is -2.35. The predicted molar refractivity (Wildman–Crippen MR) is 82.8 cm³/mol. The van der Waals surface area contributed by atoms with Crippen LogP contribution < -0.4 is 0 Å². The summed E-state index contributed by atoms with van der Waals surface area (Å²) < 4.78 is 0. The molecule has 1 atom stereocenters. The molecule has 1 fully saturated rings. The zero-order valence-electron chi connectivity index (χ0n) is 13.6. The first-order valence-corrected chi connectivity index (χ1v) is 7.74. The molecule has 0 aromatic carbocycles. The third-order valence-corrected chi connectivity index (χ3v) is 4.26. The molecule has 0 saturated carbocycles. The Morgan fingerprint density at radius 3 is 2.62 bits per heavy atom. The lowest BCUT2D eigenvalue weighted by molar-refractivity contribution is -0.139. The molecule has 1 aromatic rings. The zero-order chi connectivity index (χ0) is 15.5. The summed E-state index contributed by atoms with van der Waals surface area (Å²) >= 11 is 0. The van der Waals surface area contributed by atoms with Gasteiger partial charge < -0.3 is 4.90 Å². The largest absolute Gasteiger partial charge is 0.347 e. The number of likely N-dealkylation sites (tertiary alicyclic amines) is 1. The van der Waals surface area contributed by atoms with E-state index < -0.39 is 5.54 Å². The summed E-state index contributed by atoms with van der Waals surface area (Å²) in [6.07, 6.45) is 7.75. The summed E-state index contributed by atoms with van der Waals surface area (Å²) in [7, 11) is 3.65. The van der Waals surface area contributed by atoms with Gasteiger partial charge in [0.05, 0.1) is 5.54 Å². The minimum Gasteiger partial charge on any atom is -0.347 e. The molecule has 2 heterocycles. The van der Waals surface area contributed by atoms with Crippen molar-refractivity contribution in [1.29, 1.82) is 0 Å². The van der Waals surface area contributed by atoms with Crippen LogP contribution >= 0.6 is 0 Å². The number of nitrogens with zero attached hydrogens (tertiary/aromatic N) is 4. The first-order valence-electron chi connectivity index (χ1n) is 7.74. The highest BCUT2D eigenvalue weighted by Crippen LogP contribution is 2.31. The number of hydrogen-bond acceptors (Lipinski definition) is 4. The van der Waals surface area contributed by atoms with Crippen LogP contribution in [0.3, 0.4) is 0 Å². The van der Waals surface area contributed by atoms with Gasteiger partial charge in [0.25, 0.3) is 0 Å². The lowest BCUT2D eigenvalue weighted by Crippen LogP contribution is -2.52. The fourth-order valence-electron chi connectivity index (χ4n) is 3.03. The summed E-state index contributed by atoms with van der Waals surface area (Å²) in [4.78, 5) is 25.2. The third kappa shape index (κ3) is 3.40. The van der Waals surface area contributed by atoms with Crippen LogP contribution in [0.2, 0.25) is 0 Å². The highest BCUT2D eigenvalue weighted by Gasteiger charge is 2.43. The van der Waals surface area contributed by atoms with E-state index in [0.717, 1.165) is 50.2 Å². The highest BCUT2D eigenvalue weighted by molar-refractivity contribution is 5.85. The van der Waals surface area contributed by atoms with Gasteiger partial charge in [-0.2, -0.15) is 0 Å². The molecule has 0 bridgehead atoms. The van der Waals surface area contributed by atoms with Crippen LogP contribution in [0.5, 0.6) is 0 Å². The van der Waals surface area contributed by atoms with Crippen molar-refractivity contribution in [3.05, 3.63) is 23.8 Å². The minimum atomic E-state index is -0.397. The van der Waals surface area contributed by atoms with Crippen LogP contribution in [-0.4, -0.2) is 51.9 Å². The topological polar surface area (TPSA) is 49.3 Å². The fourth-order valence-corrected chi connectivity index (χ4v) is 3.03. The van der Waals surface area contributed by atoms with E-state index in [0.29, 0.717) is 0 Å². The van der Waals surface area contributed by atoms with Crippen LogP contribution in [-0.2, 0) is 17.8 Å². The molecule has 0 N–H and O–H groups in total. The first-order chi connectivity index (χ1) is 9.97. The number of aryl methyl sites for hydroxylation is 1. The molecule has 0 spiro atoms. The number of carbonyl (C=O) groups is 1. The van der Waals surface area contributed by atoms with E-state index in [1.165, 1.54) is 0 Å². The van der Waals surface area contributed by atoms with Crippen molar-refractivity contribution in [2.45, 2.75) is 51.6 Å². The Balaban J connectivity index is 2.09. The van der Waals surface area contributed by atoms with E-state index in [2.05, 4.69) is 28.7 Å². The van der Waals surface area contributed by atoms with Gasteiger partial charge in [-0.05, 0) is 32.7 Å². The smallest absolute Gasteiger partial charge is 0.242 e. The van der Waals surface area contributed by atoms with Crippen molar-refractivity contribution in [3.8, 4) is 0 Å². The summed E-state index contributed by atoms with van der Waals surface area (Å²) in [6, 6.07) is 0. The summed E-state index contributed by atoms with van der Waals surface area (Å²) in [5.41, 5.74) is 0.681. The maximum Gasteiger partial charge on any atom is 0.242 e. The maximum atomic E-state index is 12.5. The van der Waals surface area contributed by atoms with E-state index in [1.807, 2.05) is 26.5 Å². The van der Waals surface area contributed by atoms with Crippen molar-refractivity contribution in [1.82, 2.24) is 19.8 Å². The number of rotatable bonds is 5. The molecular weight excluding hydrogens is 264 g/mol. The van der Waals surface area contributed by atoms with Crippen LogP contribution in [0.1, 0.15) is 44.5 Å². The van der Waals surface area contributed by atoms with Crippen molar-refractivity contribution in [2.75, 3.05) is 20.6 Å². The monoisotopic (exact) mass is 290 g/mol. The molecule has 1 aromatic heterocycles. The molecule has 116 valence electrons. The SMILES string of the molecule is CCCc1ncc(CN2CCCC2(C)C(=O)N(C)C)cn1. The van der Waals surface area contributed by atoms with Crippen LogP contribution in [0.15, 0.2) is 12.4 Å². The molecule has 1 amide bonds. The number of amides is 1. The van der Waals surface area contributed by atoms with Gasteiger partial charge >= 0.3 is 0 Å². The molecule has 1 saturated heterocycles. The standard InChI is InChI=1S/C16H26N4O/c1-5-7-14-17-10-13(11-18-14)12-20-9-6-8-16(20,2)15(21)19(3)4/h10-11H,5-9,12H2,1-4H3. The van der Waals surface area contributed by atoms with Gasteiger partial charge in [-0.1, -0.05) is 6.92 Å². The molecule has 1 aliphatic rings. The van der Waals surface area contributed by atoms with Crippen LogP contribution in [0.4, 0.5) is 0 Å². The molecular formula is C16H26N4O. The molecule has 21 heavy (non-hydrogen) atoms. The highest BCUT2D eigenvalue weighted by atomic mass is 16.2. The van der Waals surface area contributed by atoms with Crippen molar-refractivity contribution >= 4 is 5.91 Å². The van der Waals surface area contributed by atoms with E-state index in [9.17, 15) is 4.79 Å². The Kier molecular flexibility index (Phi) is 4.93. The fraction of sp³-hybridized carbons (Fsp3) is 0.688. The second-order valence-corrected chi connectivity index (χ2v) is 6.26. The average molecular weight is 290 g/mol. The average Bonchev–Trinajstić information content (AvgIpc) is 2.83.